The molecule has 1 aliphatic heterocycles. The Morgan fingerprint density at radius 1 is 0.458 bits per heavy atom. The van der Waals surface area contributed by atoms with Crippen LogP contribution in [0.4, 0.5) is 4.79 Å². The van der Waals surface area contributed by atoms with Crippen molar-refractivity contribution in [2.24, 2.45) is 0 Å². The number of hydrogen-bond acceptors (Lipinski definition) is 14. The third-order valence-corrected chi connectivity index (χ3v) is 11.8. The van der Waals surface area contributed by atoms with Crippen molar-refractivity contribution >= 4 is 70.3 Å². The van der Waals surface area contributed by atoms with Gasteiger partial charge in [-0.3, -0.25) is 53.2 Å². The Labute approximate surface area is 416 Å². The Morgan fingerprint density at radius 3 is 1.46 bits per heavy atom. The van der Waals surface area contributed by atoms with Crippen LogP contribution >= 0.6 is 0 Å². The number of carbonyl (C=O) groups is 10. The summed E-state index contributed by atoms with van der Waals surface area (Å²) in [7, 11) is 0. The molecule has 2 aromatic rings. The molecular weight excluding hydrogens is 947 g/mol. The normalized spacial score (nSPS) is 15.6. The second-order valence-electron chi connectivity index (χ2n) is 17.6. The van der Waals surface area contributed by atoms with Crippen LogP contribution in [0.2, 0.25) is 0 Å². The molecule has 1 fully saturated rings. The van der Waals surface area contributed by atoms with Gasteiger partial charge in [-0.15, -0.1) is 0 Å². The maximum atomic E-state index is 13.5. The molecule has 0 aromatic heterocycles. The number of benzene rings is 2. The number of nitrogens with one attached hydrogen (secondary N) is 5. The van der Waals surface area contributed by atoms with Crippen LogP contribution in [0, 0.1) is 0 Å². The summed E-state index contributed by atoms with van der Waals surface area (Å²) in [6, 6.07) is 8.34. The summed E-state index contributed by atoms with van der Waals surface area (Å²) in [5, 5.41) is 70.8. The highest BCUT2D eigenvalue weighted by atomic mass is 16.4. The highest BCUT2D eigenvalue weighted by molar-refractivity contribution is 5.89. The number of rotatable bonds is 30. The van der Waals surface area contributed by atoms with Crippen LogP contribution < -0.4 is 26.6 Å². The summed E-state index contributed by atoms with van der Waals surface area (Å²) in [4.78, 5) is 128. The number of carboxylic acid groups (broad SMARTS) is 6. The first-order valence-corrected chi connectivity index (χ1v) is 23.9. The van der Waals surface area contributed by atoms with E-state index in [-0.39, 0.29) is 116 Å². The Hall–Kier alpha value is -6.96. The van der Waals surface area contributed by atoms with Gasteiger partial charge >= 0.3 is 41.8 Å². The van der Waals surface area contributed by atoms with Gasteiger partial charge in [0.2, 0.25) is 17.7 Å². The Bertz CT molecular complexity index is 2130. The second-order valence-corrected chi connectivity index (χ2v) is 17.6. The SMILES string of the molecule is O=C(O)CCC(NC(=O)NC(CCCCNC(=O)C(Cc1ccc2ccccc2c1)NC(=O)CCCCCNC(=O)CN1CCN(CC(=O)O)CCN(CC(=O)O)CCN(CC(=O)O)CC1)C(=O)O)C(=O)O. The number of unbranched alkanes of at least 4 members (excludes halogenated alkanes) is 3. The van der Waals surface area contributed by atoms with Crippen molar-refractivity contribution in [1.82, 2.24) is 46.2 Å². The molecule has 3 rings (SSSR count). The maximum Gasteiger partial charge on any atom is 0.326 e. The molecular formula is C47H69N9O16. The molecule has 0 aliphatic carbocycles. The number of amides is 5. The van der Waals surface area contributed by atoms with Crippen molar-refractivity contribution in [2.75, 3.05) is 91.6 Å². The van der Waals surface area contributed by atoms with Crippen molar-refractivity contribution in [3.63, 3.8) is 0 Å². The van der Waals surface area contributed by atoms with Gasteiger partial charge in [-0.1, -0.05) is 48.9 Å². The molecule has 5 amide bonds. The van der Waals surface area contributed by atoms with Gasteiger partial charge in [-0.05, 0) is 54.9 Å². The van der Waals surface area contributed by atoms with Crippen LogP contribution in [0.3, 0.4) is 0 Å². The van der Waals surface area contributed by atoms with Gasteiger partial charge in [0, 0.05) is 84.7 Å². The predicted molar refractivity (Wildman–Crippen MR) is 258 cm³/mol. The van der Waals surface area contributed by atoms with E-state index in [1.165, 1.54) is 0 Å². The molecule has 3 atom stereocenters. The second kappa shape index (κ2) is 32.1. The summed E-state index contributed by atoms with van der Waals surface area (Å²) in [6.45, 7) is 1.63. The van der Waals surface area contributed by atoms with E-state index in [0.717, 1.165) is 16.3 Å². The van der Waals surface area contributed by atoms with Gasteiger partial charge in [0.05, 0.1) is 26.2 Å². The lowest BCUT2D eigenvalue weighted by Gasteiger charge is -2.32. The zero-order valence-corrected chi connectivity index (χ0v) is 40.3. The van der Waals surface area contributed by atoms with Gasteiger partial charge in [0.1, 0.15) is 18.1 Å². The first-order chi connectivity index (χ1) is 34.3. The number of aliphatic carboxylic acids is 6. The summed E-state index contributed by atoms with van der Waals surface area (Å²) < 4.78 is 0. The quantitative estimate of drug-likeness (QED) is 0.0434. The minimum absolute atomic E-state index is 0.0375. The largest absolute Gasteiger partial charge is 0.481 e. The van der Waals surface area contributed by atoms with Crippen LogP contribution in [-0.2, 0) is 49.6 Å². The maximum absolute atomic E-state index is 13.5. The average Bonchev–Trinajstić information content (AvgIpc) is 3.30. The zero-order chi connectivity index (χ0) is 53.0. The van der Waals surface area contributed by atoms with Crippen LogP contribution in [-0.4, -0.2) is 220 Å². The van der Waals surface area contributed by atoms with Gasteiger partial charge in [0.15, 0.2) is 0 Å². The lowest BCUT2D eigenvalue weighted by molar-refractivity contribution is -0.141. The first kappa shape index (κ1) is 59.3. The lowest BCUT2D eigenvalue weighted by Crippen LogP contribution is -2.51. The van der Waals surface area contributed by atoms with E-state index >= 15 is 0 Å². The van der Waals surface area contributed by atoms with Gasteiger partial charge in [-0.25, -0.2) is 14.4 Å². The summed E-state index contributed by atoms with van der Waals surface area (Å²) >= 11 is 0. The van der Waals surface area contributed by atoms with Crippen molar-refractivity contribution in [3.8, 4) is 0 Å². The van der Waals surface area contributed by atoms with Crippen molar-refractivity contribution < 1.29 is 78.6 Å². The summed E-state index contributed by atoms with van der Waals surface area (Å²) in [5.74, 6) is -8.46. The predicted octanol–water partition coefficient (Wildman–Crippen LogP) is -0.624. The molecule has 0 bridgehead atoms. The van der Waals surface area contributed by atoms with Gasteiger partial charge < -0.3 is 57.2 Å². The molecule has 0 radical (unpaired) electrons. The third kappa shape index (κ3) is 24.7. The van der Waals surface area contributed by atoms with Crippen LogP contribution in [0.1, 0.15) is 63.4 Å². The summed E-state index contributed by atoms with van der Waals surface area (Å²) in [5.41, 5.74) is 0.791. The minimum Gasteiger partial charge on any atom is -0.481 e. The van der Waals surface area contributed by atoms with E-state index in [1.807, 2.05) is 47.4 Å². The molecule has 25 heteroatoms. The zero-order valence-electron chi connectivity index (χ0n) is 40.3. The van der Waals surface area contributed by atoms with Gasteiger partial charge in [0.25, 0.3) is 0 Å². The average molecular weight is 1020 g/mol. The van der Waals surface area contributed by atoms with E-state index in [9.17, 15) is 73.5 Å². The number of hydrogen-bond donors (Lipinski definition) is 11. The molecule has 1 saturated heterocycles. The number of carboxylic acids is 6. The molecule has 2 aromatic carbocycles. The lowest BCUT2D eigenvalue weighted by atomic mass is 10.0. The highest BCUT2D eigenvalue weighted by Gasteiger charge is 2.26. The standard InChI is InChI=1S/C47H69N9O16/c57-38(11-2-1-6-16-48-39(58)28-53-18-20-54(29-41(61)62)22-24-56(31-43(65)66)25-23-55(21-19-53)30-42(63)64)50-37(27-32-12-13-33-8-3-4-9-34(33)26-32)44(67)49-17-7-5-10-35(45(68)69)51-47(72)52-36(46(70)71)14-15-40(59)60/h3-4,8-9,12-13,26,35-37H,1-2,5-7,10-11,14-25,27-31H2,(H,48,58)(H,49,67)(H,50,57)(H,59,60)(H,61,62)(H,63,64)(H,65,66)(H,68,69)(H,70,71)(H2,51,52,72). The van der Waals surface area contributed by atoms with Crippen molar-refractivity contribution in [2.45, 2.75) is 82.3 Å². The third-order valence-electron chi connectivity index (χ3n) is 11.8. The topological polar surface area (TPSA) is 365 Å². The monoisotopic (exact) mass is 1020 g/mol. The molecule has 11 N–H and O–H groups in total. The fourth-order valence-electron chi connectivity index (χ4n) is 7.89. The molecule has 1 aliphatic rings. The minimum atomic E-state index is -1.55. The highest BCUT2D eigenvalue weighted by Crippen LogP contribution is 2.17. The fourth-order valence-corrected chi connectivity index (χ4v) is 7.89. The fraction of sp³-hybridized carbons (Fsp3) is 0.574. The Morgan fingerprint density at radius 2 is 0.944 bits per heavy atom. The molecule has 0 saturated carbocycles. The molecule has 25 nitrogen and oxygen atoms in total. The van der Waals surface area contributed by atoms with Crippen LogP contribution in [0.5, 0.6) is 0 Å². The number of carbonyl (C=O) groups excluding carboxylic acids is 4. The summed E-state index contributed by atoms with van der Waals surface area (Å²) in [6.07, 6.45) is 1.27. The Balaban J connectivity index is 1.51. The molecule has 398 valence electrons. The van der Waals surface area contributed by atoms with E-state index in [2.05, 4.69) is 26.6 Å². The molecule has 0 spiro atoms. The molecule has 3 unspecified atom stereocenters. The Kier molecular flexibility index (Phi) is 26.5. The molecule has 72 heavy (non-hydrogen) atoms. The van der Waals surface area contributed by atoms with E-state index in [0.29, 0.717) is 38.9 Å². The van der Waals surface area contributed by atoms with Crippen molar-refractivity contribution in [1.29, 1.82) is 0 Å². The van der Waals surface area contributed by atoms with Crippen LogP contribution in [0.25, 0.3) is 10.8 Å². The smallest absolute Gasteiger partial charge is 0.326 e. The van der Waals surface area contributed by atoms with E-state index in [1.54, 1.807) is 14.7 Å². The number of fused-ring (bicyclic) bond motifs is 1. The van der Waals surface area contributed by atoms with Crippen LogP contribution in [0.15, 0.2) is 42.5 Å². The van der Waals surface area contributed by atoms with Gasteiger partial charge in [-0.2, -0.15) is 0 Å². The molecule has 1 heterocycles. The number of urea groups is 1. The first-order valence-electron chi connectivity index (χ1n) is 23.9. The van der Waals surface area contributed by atoms with Crippen molar-refractivity contribution in [3.05, 3.63) is 48.0 Å². The van der Waals surface area contributed by atoms with E-state index < -0.39 is 78.7 Å². The number of nitrogens with zero attached hydrogens (tertiary/aromatic N) is 4. The van der Waals surface area contributed by atoms with E-state index in [4.69, 9.17) is 5.11 Å².